The number of pyridine rings is 1. The van der Waals surface area contributed by atoms with E-state index in [0.717, 1.165) is 23.3 Å². The van der Waals surface area contributed by atoms with Crippen molar-refractivity contribution in [3.05, 3.63) is 53.3 Å². The largest absolute Gasteiger partial charge is 0.493 e. The summed E-state index contributed by atoms with van der Waals surface area (Å²) in [5, 5.41) is 0. The van der Waals surface area contributed by atoms with Gasteiger partial charge in [0.1, 0.15) is 5.75 Å². The molecule has 2 aromatic rings. The van der Waals surface area contributed by atoms with Crippen LogP contribution in [0.25, 0.3) is 0 Å². The maximum atomic E-state index is 12.5. The summed E-state index contributed by atoms with van der Waals surface area (Å²) in [6.45, 7) is 0.870. The number of benzene rings is 1. The number of rotatable bonds is 5. The molecule has 4 rings (SSSR count). The lowest BCUT2D eigenvalue weighted by molar-refractivity contribution is 0.356. The van der Waals surface area contributed by atoms with E-state index in [4.69, 9.17) is 4.74 Å². The van der Waals surface area contributed by atoms with Crippen LogP contribution in [0.15, 0.2) is 41.6 Å². The van der Waals surface area contributed by atoms with E-state index in [2.05, 4.69) is 9.71 Å². The minimum atomic E-state index is -3.53. The number of aromatic nitrogens is 1. The van der Waals surface area contributed by atoms with Crippen LogP contribution in [0.4, 0.5) is 0 Å². The molecule has 1 aromatic carbocycles. The number of hydrogen-bond acceptors (Lipinski definition) is 4. The SMILES string of the molecule is O=S(=O)(NCc1cncc(C2CC2)c1)c1ccc2c(c1)CCO2. The first-order valence-electron chi connectivity index (χ1n) is 7.81. The number of ether oxygens (including phenoxy) is 1. The standard InChI is InChI=1S/C17H18N2O3S/c20-23(21,16-3-4-17-14(8-16)5-6-22-17)19-10-12-7-15(11-18-9-12)13-1-2-13/h3-4,7-9,11,13,19H,1-2,5-6,10H2. The summed E-state index contributed by atoms with van der Waals surface area (Å²) in [4.78, 5) is 4.50. The van der Waals surface area contributed by atoms with Crippen molar-refractivity contribution in [3.8, 4) is 5.75 Å². The highest BCUT2D eigenvalue weighted by atomic mass is 32.2. The topological polar surface area (TPSA) is 68.3 Å². The maximum Gasteiger partial charge on any atom is 0.240 e. The highest BCUT2D eigenvalue weighted by molar-refractivity contribution is 7.89. The average Bonchev–Trinajstić information content (AvgIpc) is 3.31. The smallest absolute Gasteiger partial charge is 0.240 e. The molecule has 120 valence electrons. The highest BCUT2D eigenvalue weighted by Crippen LogP contribution is 2.39. The van der Waals surface area contributed by atoms with Crippen LogP contribution in [0, 0.1) is 0 Å². The zero-order chi connectivity index (χ0) is 15.9. The molecule has 0 unspecified atom stereocenters. The van der Waals surface area contributed by atoms with Crippen LogP contribution in [0.3, 0.4) is 0 Å². The Kier molecular flexibility index (Phi) is 3.58. The van der Waals surface area contributed by atoms with E-state index < -0.39 is 10.0 Å². The van der Waals surface area contributed by atoms with Crippen LogP contribution in [0.2, 0.25) is 0 Å². The van der Waals surface area contributed by atoms with Gasteiger partial charge in [0.05, 0.1) is 11.5 Å². The van der Waals surface area contributed by atoms with E-state index in [9.17, 15) is 8.42 Å². The van der Waals surface area contributed by atoms with E-state index in [0.29, 0.717) is 12.5 Å². The van der Waals surface area contributed by atoms with Gasteiger partial charge in [0.15, 0.2) is 0 Å². The third-order valence-corrected chi connectivity index (χ3v) is 5.70. The summed E-state index contributed by atoms with van der Waals surface area (Å²) >= 11 is 0. The van der Waals surface area contributed by atoms with Gasteiger partial charge in [0, 0.05) is 25.4 Å². The van der Waals surface area contributed by atoms with Crippen molar-refractivity contribution in [2.45, 2.75) is 36.6 Å². The van der Waals surface area contributed by atoms with Crippen LogP contribution in [0.5, 0.6) is 5.75 Å². The minimum absolute atomic E-state index is 0.253. The molecule has 6 heteroatoms. The van der Waals surface area contributed by atoms with Crippen LogP contribution in [-0.4, -0.2) is 20.0 Å². The number of fused-ring (bicyclic) bond motifs is 1. The van der Waals surface area contributed by atoms with Crippen molar-refractivity contribution >= 4 is 10.0 Å². The molecule has 1 N–H and O–H groups in total. The summed E-state index contributed by atoms with van der Waals surface area (Å²) in [5.41, 5.74) is 3.05. The van der Waals surface area contributed by atoms with Gasteiger partial charge in [-0.15, -0.1) is 0 Å². The molecule has 0 spiro atoms. The van der Waals surface area contributed by atoms with Gasteiger partial charge < -0.3 is 4.74 Å². The molecule has 0 amide bonds. The number of nitrogens with one attached hydrogen (secondary N) is 1. The molecule has 1 fully saturated rings. The van der Waals surface area contributed by atoms with Crippen LogP contribution in [-0.2, 0) is 23.0 Å². The number of nitrogens with zero attached hydrogens (tertiary/aromatic N) is 1. The first-order valence-corrected chi connectivity index (χ1v) is 9.29. The molecule has 1 aromatic heterocycles. The van der Waals surface area contributed by atoms with Gasteiger partial charge in [-0.25, -0.2) is 13.1 Å². The molecule has 0 atom stereocenters. The van der Waals surface area contributed by atoms with Gasteiger partial charge >= 0.3 is 0 Å². The van der Waals surface area contributed by atoms with Crippen LogP contribution in [0.1, 0.15) is 35.4 Å². The van der Waals surface area contributed by atoms with Crippen molar-refractivity contribution in [2.24, 2.45) is 0 Å². The van der Waals surface area contributed by atoms with Crippen molar-refractivity contribution in [1.82, 2.24) is 9.71 Å². The summed E-state index contributed by atoms with van der Waals surface area (Å²) < 4.78 is 33.0. The number of hydrogen-bond donors (Lipinski definition) is 1. The van der Waals surface area contributed by atoms with Crippen molar-refractivity contribution < 1.29 is 13.2 Å². The normalized spacial score (nSPS) is 16.9. The minimum Gasteiger partial charge on any atom is -0.493 e. The molecule has 1 saturated carbocycles. The number of sulfonamides is 1. The van der Waals surface area contributed by atoms with E-state index in [-0.39, 0.29) is 11.4 Å². The summed E-state index contributed by atoms with van der Waals surface area (Å²) in [7, 11) is -3.53. The lowest BCUT2D eigenvalue weighted by Gasteiger charge is -2.09. The zero-order valence-electron chi connectivity index (χ0n) is 12.7. The molecule has 0 saturated heterocycles. The third kappa shape index (κ3) is 3.09. The van der Waals surface area contributed by atoms with Gasteiger partial charge in [-0.3, -0.25) is 4.98 Å². The zero-order valence-corrected chi connectivity index (χ0v) is 13.5. The first-order chi connectivity index (χ1) is 11.1. The second-order valence-electron chi connectivity index (χ2n) is 6.09. The molecule has 0 bridgehead atoms. The molecule has 5 nitrogen and oxygen atoms in total. The van der Waals surface area contributed by atoms with Crippen molar-refractivity contribution in [3.63, 3.8) is 0 Å². The first kappa shape index (κ1) is 14.7. The molecule has 0 radical (unpaired) electrons. The Morgan fingerprint density at radius 3 is 2.91 bits per heavy atom. The maximum absolute atomic E-state index is 12.5. The Morgan fingerprint density at radius 2 is 2.09 bits per heavy atom. The molecule has 2 heterocycles. The Hall–Kier alpha value is -1.92. The predicted octanol–water partition coefficient (Wildman–Crippen LogP) is 2.37. The van der Waals surface area contributed by atoms with E-state index in [1.165, 1.54) is 18.4 Å². The Balaban J connectivity index is 1.50. The molecule has 2 aliphatic rings. The highest BCUT2D eigenvalue weighted by Gasteiger charge is 2.24. The Labute approximate surface area is 135 Å². The van der Waals surface area contributed by atoms with E-state index in [1.54, 1.807) is 24.4 Å². The van der Waals surface area contributed by atoms with Crippen molar-refractivity contribution in [1.29, 1.82) is 0 Å². The lowest BCUT2D eigenvalue weighted by Crippen LogP contribution is -2.23. The predicted molar refractivity (Wildman–Crippen MR) is 85.9 cm³/mol. The van der Waals surface area contributed by atoms with Crippen LogP contribution < -0.4 is 9.46 Å². The quantitative estimate of drug-likeness (QED) is 0.914. The summed E-state index contributed by atoms with van der Waals surface area (Å²) in [6.07, 6.45) is 6.75. The van der Waals surface area contributed by atoms with Gasteiger partial charge in [-0.2, -0.15) is 0 Å². The van der Waals surface area contributed by atoms with E-state index >= 15 is 0 Å². The van der Waals surface area contributed by atoms with Gasteiger partial charge in [-0.1, -0.05) is 6.07 Å². The van der Waals surface area contributed by atoms with E-state index in [1.807, 2.05) is 12.3 Å². The lowest BCUT2D eigenvalue weighted by atomic mass is 10.1. The Morgan fingerprint density at radius 1 is 1.22 bits per heavy atom. The second kappa shape index (κ2) is 5.62. The van der Waals surface area contributed by atoms with Gasteiger partial charge in [0.25, 0.3) is 0 Å². The molecular weight excluding hydrogens is 312 g/mol. The second-order valence-corrected chi connectivity index (χ2v) is 7.86. The average molecular weight is 330 g/mol. The fraction of sp³-hybridized carbons (Fsp3) is 0.353. The molecule has 1 aliphatic carbocycles. The fourth-order valence-corrected chi connectivity index (χ4v) is 3.90. The summed E-state index contributed by atoms with van der Waals surface area (Å²) in [6, 6.07) is 7.06. The molecule has 1 aliphatic heterocycles. The molecule has 23 heavy (non-hydrogen) atoms. The van der Waals surface area contributed by atoms with Gasteiger partial charge in [0.2, 0.25) is 10.0 Å². The monoisotopic (exact) mass is 330 g/mol. The molecular formula is C17H18N2O3S. The Bertz CT molecular complexity index is 845. The summed E-state index contributed by atoms with van der Waals surface area (Å²) in [5.74, 6) is 1.39. The van der Waals surface area contributed by atoms with Gasteiger partial charge in [-0.05, 0) is 53.6 Å². The van der Waals surface area contributed by atoms with Crippen molar-refractivity contribution in [2.75, 3.05) is 6.61 Å². The third-order valence-electron chi connectivity index (χ3n) is 4.30. The fourth-order valence-electron chi connectivity index (χ4n) is 2.84. The van der Waals surface area contributed by atoms with Crippen LogP contribution >= 0.6 is 0 Å².